The van der Waals surface area contributed by atoms with Gasteiger partial charge in [-0.15, -0.1) is 0 Å². The summed E-state index contributed by atoms with van der Waals surface area (Å²) in [6.45, 7) is 2.45. The molecule has 0 aliphatic rings. The maximum Gasteiger partial charge on any atom is 0.274 e. The smallest absolute Gasteiger partial charge is 0.274 e. The minimum Gasteiger partial charge on any atom is -0.366 e. The summed E-state index contributed by atoms with van der Waals surface area (Å²) < 4.78 is 0. The van der Waals surface area contributed by atoms with Crippen LogP contribution in [-0.2, 0) is 6.54 Å². The van der Waals surface area contributed by atoms with Crippen LogP contribution >= 0.6 is 11.6 Å². The number of hydrogen-bond donors (Lipinski definition) is 2. The van der Waals surface area contributed by atoms with Gasteiger partial charge < -0.3 is 10.6 Å². The zero-order valence-electron chi connectivity index (χ0n) is 13.7. The number of aromatic nitrogens is 2. The van der Waals surface area contributed by atoms with Gasteiger partial charge in [0.2, 0.25) is 0 Å². The van der Waals surface area contributed by atoms with Crippen LogP contribution in [0.15, 0.2) is 60.9 Å². The number of anilines is 2. The molecule has 0 spiro atoms. The standard InChI is InChI=1S/C19H17ClN4O/c1-13-6-2-5-9-16(13)24-19(25)17-10-18(23-12-22-17)21-11-14-7-3-4-8-15(14)20/h2-10,12H,11H2,1H3,(H,24,25)(H,21,22,23). The molecule has 2 N–H and O–H groups in total. The van der Waals surface area contributed by atoms with E-state index < -0.39 is 0 Å². The first kappa shape index (κ1) is 16.9. The number of para-hydroxylation sites is 1. The van der Waals surface area contributed by atoms with Crippen LogP contribution < -0.4 is 10.6 Å². The minimum atomic E-state index is -0.280. The number of rotatable bonds is 5. The fourth-order valence-electron chi connectivity index (χ4n) is 2.31. The summed E-state index contributed by atoms with van der Waals surface area (Å²) in [7, 11) is 0. The van der Waals surface area contributed by atoms with Crippen molar-refractivity contribution in [3.05, 3.63) is 82.8 Å². The molecular formula is C19H17ClN4O. The SMILES string of the molecule is Cc1ccccc1NC(=O)c1cc(NCc2ccccc2Cl)ncn1. The van der Waals surface area contributed by atoms with Crippen LogP contribution in [0.25, 0.3) is 0 Å². The summed E-state index contributed by atoms with van der Waals surface area (Å²) in [5, 5.41) is 6.70. The lowest BCUT2D eigenvalue weighted by molar-refractivity contribution is 0.102. The predicted octanol–water partition coefficient (Wildman–Crippen LogP) is 4.30. The van der Waals surface area contributed by atoms with Crippen LogP contribution in [0.3, 0.4) is 0 Å². The van der Waals surface area contributed by atoms with Crippen LogP contribution in [0.1, 0.15) is 21.6 Å². The number of halogens is 1. The Morgan fingerprint density at radius 3 is 2.64 bits per heavy atom. The van der Waals surface area contributed by atoms with Gasteiger partial charge in [-0.05, 0) is 30.2 Å². The van der Waals surface area contributed by atoms with E-state index in [-0.39, 0.29) is 5.91 Å². The molecule has 1 aromatic heterocycles. The Morgan fingerprint density at radius 2 is 1.84 bits per heavy atom. The van der Waals surface area contributed by atoms with Gasteiger partial charge in [0.25, 0.3) is 5.91 Å². The molecule has 1 heterocycles. The van der Waals surface area contributed by atoms with Crippen molar-refractivity contribution in [2.45, 2.75) is 13.5 Å². The fraction of sp³-hybridized carbons (Fsp3) is 0.105. The highest BCUT2D eigenvalue weighted by Crippen LogP contribution is 2.17. The molecule has 0 aliphatic carbocycles. The lowest BCUT2D eigenvalue weighted by atomic mass is 10.2. The topological polar surface area (TPSA) is 66.9 Å². The van der Waals surface area contributed by atoms with Gasteiger partial charge in [-0.1, -0.05) is 48.0 Å². The molecule has 25 heavy (non-hydrogen) atoms. The molecule has 0 radical (unpaired) electrons. The Morgan fingerprint density at radius 1 is 1.08 bits per heavy atom. The maximum atomic E-state index is 12.4. The van der Waals surface area contributed by atoms with Crippen LogP contribution in [0, 0.1) is 6.92 Å². The van der Waals surface area contributed by atoms with Crippen LogP contribution in [0.5, 0.6) is 0 Å². The molecule has 0 fully saturated rings. The molecule has 1 amide bonds. The van der Waals surface area contributed by atoms with E-state index >= 15 is 0 Å². The molecule has 0 saturated carbocycles. The molecule has 5 nitrogen and oxygen atoms in total. The molecular weight excluding hydrogens is 336 g/mol. The van der Waals surface area contributed by atoms with Gasteiger partial charge >= 0.3 is 0 Å². The number of carbonyl (C=O) groups excluding carboxylic acids is 1. The number of benzene rings is 2. The highest BCUT2D eigenvalue weighted by Gasteiger charge is 2.10. The van der Waals surface area contributed by atoms with E-state index in [1.54, 1.807) is 6.07 Å². The van der Waals surface area contributed by atoms with Crippen LogP contribution in [0.4, 0.5) is 11.5 Å². The number of amides is 1. The average molecular weight is 353 g/mol. The van der Waals surface area contributed by atoms with Crippen molar-refractivity contribution >= 4 is 29.0 Å². The summed E-state index contributed by atoms with van der Waals surface area (Å²) in [5.41, 5.74) is 2.99. The monoisotopic (exact) mass is 352 g/mol. The summed E-state index contributed by atoms with van der Waals surface area (Å²) in [4.78, 5) is 20.6. The van der Waals surface area contributed by atoms with Crippen molar-refractivity contribution in [3.8, 4) is 0 Å². The van der Waals surface area contributed by atoms with E-state index in [9.17, 15) is 4.79 Å². The number of hydrogen-bond acceptors (Lipinski definition) is 4. The van der Waals surface area contributed by atoms with Crippen molar-refractivity contribution in [1.29, 1.82) is 0 Å². The third-order valence-corrected chi connectivity index (χ3v) is 4.08. The summed E-state index contributed by atoms with van der Waals surface area (Å²) >= 11 is 6.14. The average Bonchev–Trinajstić information content (AvgIpc) is 2.63. The van der Waals surface area contributed by atoms with Crippen molar-refractivity contribution in [1.82, 2.24) is 9.97 Å². The molecule has 2 aromatic carbocycles. The highest BCUT2D eigenvalue weighted by molar-refractivity contribution is 6.31. The molecule has 0 atom stereocenters. The second kappa shape index (κ2) is 7.77. The second-order valence-electron chi connectivity index (χ2n) is 5.50. The maximum absolute atomic E-state index is 12.4. The van der Waals surface area contributed by atoms with Crippen molar-refractivity contribution in [3.63, 3.8) is 0 Å². The summed E-state index contributed by atoms with van der Waals surface area (Å²) in [5.74, 6) is 0.280. The first-order chi connectivity index (χ1) is 12.1. The van der Waals surface area contributed by atoms with Gasteiger partial charge in [-0.25, -0.2) is 9.97 Å². The Bertz CT molecular complexity index is 898. The van der Waals surface area contributed by atoms with E-state index in [1.807, 2.05) is 55.5 Å². The van der Waals surface area contributed by atoms with E-state index in [4.69, 9.17) is 11.6 Å². The predicted molar refractivity (Wildman–Crippen MR) is 99.9 cm³/mol. The van der Waals surface area contributed by atoms with Gasteiger partial charge in [0.1, 0.15) is 17.8 Å². The van der Waals surface area contributed by atoms with Gasteiger partial charge in [0, 0.05) is 23.3 Å². The third kappa shape index (κ3) is 4.33. The van der Waals surface area contributed by atoms with Gasteiger partial charge in [0.05, 0.1) is 0 Å². The third-order valence-electron chi connectivity index (χ3n) is 3.71. The molecule has 0 aliphatic heterocycles. The number of carbonyl (C=O) groups is 1. The van der Waals surface area contributed by atoms with E-state index in [1.165, 1.54) is 6.33 Å². The quantitative estimate of drug-likeness (QED) is 0.718. The Kier molecular flexibility index (Phi) is 5.26. The Balaban J connectivity index is 1.70. The zero-order chi connectivity index (χ0) is 17.6. The van der Waals surface area contributed by atoms with Gasteiger partial charge in [-0.3, -0.25) is 4.79 Å². The molecule has 6 heteroatoms. The summed E-state index contributed by atoms with van der Waals surface area (Å²) in [6.07, 6.45) is 1.36. The Hall–Kier alpha value is -2.92. The first-order valence-corrected chi connectivity index (χ1v) is 8.17. The minimum absolute atomic E-state index is 0.280. The van der Waals surface area contributed by atoms with Gasteiger partial charge in [0.15, 0.2) is 0 Å². The summed E-state index contributed by atoms with van der Waals surface area (Å²) in [6, 6.07) is 16.8. The second-order valence-corrected chi connectivity index (χ2v) is 5.91. The van der Waals surface area contributed by atoms with Crippen molar-refractivity contribution in [2.75, 3.05) is 10.6 Å². The van der Waals surface area contributed by atoms with Crippen molar-refractivity contribution in [2.24, 2.45) is 0 Å². The lowest BCUT2D eigenvalue weighted by Gasteiger charge is -2.10. The largest absolute Gasteiger partial charge is 0.366 e. The molecule has 126 valence electrons. The van der Waals surface area contributed by atoms with E-state index in [0.717, 1.165) is 16.8 Å². The Labute approximate surface area is 151 Å². The normalized spacial score (nSPS) is 10.3. The van der Waals surface area contributed by atoms with E-state index in [2.05, 4.69) is 20.6 Å². The lowest BCUT2D eigenvalue weighted by Crippen LogP contribution is -2.15. The number of nitrogens with zero attached hydrogens (tertiary/aromatic N) is 2. The molecule has 0 unspecified atom stereocenters. The van der Waals surface area contributed by atoms with Crippen molar-refractivity contribution < 1.29 is 4.79 Å². The van der Waals surface area contributed by atoms with Gasteiger partial charge in [-0.2, -0.15) is 0 Å². The molecule has 3 aromatic rings. The van der Waals surface area contributed by atoms with Crippen LogP contribution in [0.2, 0.25) is 5.02 Å². The molecule has 0 bridgehead atoms. The molecule has 0 saturated heterocycles. The first-order valence-electron chi connectivity index (χ1n) is 7.80. The van der Waals surface area contributed by atoms with E-state index in [0.29, 0.717) is 23.1 Å². The number of nitrogens with one attached hydrogen (secondary N) is 2. The van der Waals surface area contributed by atoms with Crippen LogP contribution in [-0.4, -0.2) is 15.9 Å². The number of aryl methyl sites for hydroxylation is 1. The fourth-order valence-corrected chi connectivity index (χ4v) is 2.51. The highest BCUT2D eigenvalue weighted by atomic mass is 35.5. The zero-order valence-corrected chi connectivity index (χ0v) is 14.4. The molecule has 3 rings (SSSR count).